The van der Waals surface area contributed by atoms with E-state index in [1.165, 1.54) is 7.05 Å². The lowest BCUT2D eigenvalue weighted by Gasteiger charge is -2.14. The summed E-state index contributed by atoms with van der Waals surface area (Å²) in [5.74, 6) is -0.374. The van der Waals surface area contributed by atoms with Crippen LogP contribution < -0.4 is 16.8 Å². The van der Waals surface area contributed by atoms with Gasteiger partial charge in [-0.2, -0.15) is 0 Å². The largest absolute Gasteiger partial charge is 0.464 e. The van der Waals surface area contributed by atoms with Crippen molar-refractivity contribution >= 4 is 11.9 Å². The molecular formula is C11H23N3O3. The van der Waals surface area contributed by atoms with Crippen molar-refractivity contribution in [2.45, 2.75) is 38.8 Å². The first-order chi connectivity index (χ1) is 7.88. The summed E-state index contributed by atoms with van der Waals surface area (Å²) >= 11 is 0. The van der Waals surface area contributed by atoms with Crippen LogP contribution in [0.5, 0.6) is 0 Å². The van der Waals surface area contributed by atoms with Gasteiger partial charge in [-0.05, 0) is 12.3 Å². The first-order valence-electron chi connectivity index (χ1n) is 5.77. The fourth-order valence-electron chi connectivity index (χ4n) is 1.31. The smallest absolute Gasteiger partial charge is 0.322 e. The van der Waals surface area contributed by atoms with E-state index in [9.17, 15) is 9.59 Å². The maximum absolute atomic E-state index is 11.4. The average Bonchev–Trinajstić information content (AvgIpc) is 2.26. The second kappa shape index (κ2) is 8.03. The SMILES string of the molecule is CNC(=O)[C@@H](N)CCOC(=O)[C@@H](N)CC(C)C. The van der Waals surface area contributed by atoms with Gasteiger partial charge in [0.2, 0.25) is 5.91 Å². The Morgan fingerprint density at radius 2 is 1.82 bits per heavy atom. The van der Waals surface area contributed by atoms with Crippen molar-refractivity contribution in [3.05, 3.63) is 0 Å². The van der Waals surface area contributed by atoms with Gasteiger partial charge in [-0.25, -0.2) is 0 Å². The number of carbonyl (C=O) groups is 2. The number of rotatable bonds is 7. The van der Waals surface area contributed by atoms with Crippen molar-refractivity contribution in [3.8, 4) is 0 Å². The number of likely N-dealkylation sites (N-methyl/N-ethyl adjacent to an activating group) is 1. The van der Waals surface area contributed by atoms with Crippen LogP contribution in [0, 0.1) is 5.92 Å². The molecule has 6 nitrogen and oxygen atoms in total. The van der Waals surface area contributed by atoms with Crippen molar-refractivity contribution in [1.82, 2.24) is 5.32 Å². The summed E-state index contributed by atoms with van der Waals surface area (Å²) < 4.78 is 4.95. The Morgan fingerprint density at radius 3 is 2.29 bits per heavy atom. The molecule has 2 atom stereocenters. The van der Waals surface area contributed by atoms with Crippen molar-refractivity contribution in [1.29, 1.82) is 0 Å². The minimum absolute atomic E-state index is 0.110. The van der Waals surface area contributed by atoms with Crippen LogP contribution in [0.3, 0.4) is 0 Å². The molecule has 0 fully saturated rings. The molecule has 0 rings (SSSR count). The molecular weight excluding hydrogens is 222 g/mol. The number of nitrogens with one attached hydrogen (secondary N) is 1. The maximum Gasteiger partial charge on any atom is 0.322 e. The molecule has 0 spiro atoms. The molecule has 0 aliphatic heterocycles. The minimum atomic E-state index is -0.658. The molecule has 0 saturated heterocycles. The highest BCUT2D eigenvalue weighted by Crippen LogP contribution is 2.04. The molecule has 0 bridgehead atoms. The van der Waals surface area contributed by atoms with Gasteiger partial charge in [-0.1, -0.05) is 13.8 Å². The number of esters is 1. The number of hydrogen-bond acceptors (Lipinski definition) is 5. The highest BCUT2D eigenvalue weighted by Gasteiger charge is 2.17. The van der Waals surface area contributed by atoms with Crippen molar-refractivity contribution in [3.63, 3.8) is 0 Å². The molecule has 0 aliphatic carbocycles. The summed E-state index contributed by atoms with van der Waals surface area (Å²) in [6.45, 7) is 4.07. The molecule has 6 heteroatoms. The zero-order chi connectivity index (χ0) is 13.4. The van der Waals surface area contributed by atoms with Gasteiger partial charge in [0.05, 0.1) is 12.6 Å². The molecule has 0 saturated carbocycles. The van der Waals surface area contributed by atoms with E-state index in [0.717, 1.165) is 0 Å². The lowest BCUT2D eigenvalue weighted by Crippen LogP contribution is -2.40. The molecule has 0 aromatic carbocycles. The standard InChI is InChI=1S/C11H23N3O3/c1-7(2)6-9(13)11(16)17-5-4-8(12)10(15)14-3/h7-9H,4-6,12-13H2,1-3H3,(H,14,15)/t8-,9-/m0/s1. The third-order valence-electron chi connectivity index (χ3n) is 2.28. The fourth-order valence-corrected chi connectivity index (χ4v) is 1.31. The number of nitrogens with two attached hydrogens (primary N) is 2. The average molecular weight is 245 g/mol. The summed E-state index contributed by atoms with van der Waals surface area (Å²) in [6.07, 6.45) is 0.875. The normalized spacial score (nSPS) is 14.2. The Morgan fingerprint density at radius 1 is 1.24 bits per heavy atom. The summed E-state index contributed by atoms with van der Waals surface area (Å²) in [4.78, 5) is 22.5. The van der Waals surface area contributed by atoms with Gasteiger partial charge in [0, 0.05) is 13.5 Å². The van der Waals surface area contributed by atoms with Gasteiger partial charge in [0.25, 0.3) is 0 Å². The van der Waals surface area contributed by atoms with Crippen molar-refractivity contribution in [2.24, 2.45) is 17.4 Å². The van der Waals surface area contributed by atoms with Crippen LogP contribution in [-0.4, -0.2) is 37.6 Å². The monoisotopic (exact) mass is 245 g/mol. The lowest BCUT2D eigenvalue weighted by atomic mass is 10.1. The second-order valence-corrected chi connectivity index (χ2v) is 4.41. The second-order valence-electron chi connectivity index (χ2n) is 4.41. The van der Waals surface area contributed by atoms with Crippen molar-refractivity contribution < 1.29 is 14.3 Å². The molecule has 5 N–H and O–H groups in total. The molecule has 0 heterocycles. The summed E-state index contributed by atoms with van der Waals surface area (Å²) in [5, 5.41) is 2.42. The van der Waals surface area contributed by atoms with Crippen LogP contribution in [0.2, 0.25) is 0 Å². The topological polar surface area (TPSA) is 107 Å². The van der Waals surface area contributed by atoms with E-state index in [0.29, 0.717) is 18.8 Å². The number of ether oxygens (including phenoxy) is 1. The summed E-state index contributed by atoms with van der Waals surface area (Å²) in [7, 11) is 1.51. The van der Waals surface area contributed by atoms with Crippen LogP contribution in [0.25, 0.3) is 0 Å². The predicted molar refractivity (Wildman–Crippen MR) is 65.0 cm³/mol. The molecule has 17 heavy (non-hydrogen) atoms. The Kier molecular flexibility index (Phi) is 7.49. The Labute approximate surface area is 102 Å². The quantitative estimate of drug-likeness (QED) is 0.517. The zero-order valence-corrected chi connectivity index (χ0v) is 10.7. The zero-order valence-electron chi connectivity index (χ0n) is 10.7. The molecule has 1 amide bonds. The van der Waals surface area contributed by atoms with Gasteiger partial charge in [0.1, 0.15) is 6.04 Å². The third-order valence-corrected chi connectivity index (χ3v) is 2.28. The van der Waals surface area contributed by atoms with Gasteiger partial charge < -0.3 is 21.5 Å². The van der Waals surface area contributed by atoms with Gasteiger partial charge in [0.15, 0.2) is 0 Å². The predicted octanol–water partition coefficient (Wildman–Crippen LogP) is -0.634. The summed E-state index contributed by atoms with van der Waals surface area (Å²) in [6, 6.07) is -1.26. The van der Waals surface area contributed by atoms with Crippen molar-refractivity contribution in [2.75, 3.05) is 13.7 Å². The van der Waals surface area contributed by atoms with Gasteiger partial charge in [-0.3, -0.25) is 9.59 Å². The fraction of sp³-hybridized carbons (Fsp3) is 0.818. The van der Waals surface area contributed by atoms with E-state index < -0.39 is 18.1 Å². The van der Waals surface area contributed by atoms with Crippen LogP contribution in [-0.2, 0) is 14.3 Å². The molecule has 0 unspecified atom stereocenters. The molecule has 0 aliphatic rings. The van der Waals surface area contributed by atoms with Gasteiger partial charge in [-0.15, -0.1) is 0 Å². The van der Waals surface area contributed by atoms with E-state index in [4.69, 9.17) is 16.2 Å². The third kappa shape index (κ3) is 6.91. The van der Waals surface area contributed by atoms with E-state index in [1.54, 1.807) is 0 Å². The molecule has 100 valence electrons. The number of carbonyl (C=O) groups excluding carboxylic acids is 2. The van der Waals surface area contributed by atoms with E-state index in [-0.39, 0.29) is 12.5 Å². The minimum Gasteiger partial charge on any atom is -0.464 e. The Bertz CT molecular complexity index is 256. The van der Waals surface area contributed by atoms with Crippen LogP contribution in [0.4, 0.5) is 0 Å². The molecule has 0 aromatic heterocycles. The highest BCUT2D eigenvalue weighted by atomic mass is 16.5. The van der Waals surface area contributed by atoms with E-state index >= 15 is 0 Å². The Balaban J connectivity index is 3.81. The van der Waals surface area contributed by atoms with E-state index in [1.807, 2.05) is 13.8 Å². The Hall–Kier alpha value is -1.14. The number of hydrogen-bond donors (Lipinski definition) is 3. The molecule has 0 aromatic rings. The molecule has 0 radical (unpaired) electrons. The van der Waals surface area contributed by atoms with Crippen LogP contribution >= 0.6 is 0 Å². The number of amides is 1. The summed E-state index contributed by atoms with van der Waals surface area (Å²) in [5.41, 5.74) is 11.2. The first-order valence-corrected chi connectivity index (χ1v) is 5.77. The van der Waals surface area contributed by atoms with E-state index in [2.05, 4.69) is 5.32 Å². The lowest BCUT2D eigenvalue weighted by molar-refractivity contribution is -0.146. The van der Waals surface area contributed by atoms with Crippen LogP contribution in [0.1, 0.15) is 26.7 Å². The first kappa shape index (κ1) is 15.9. The van der Waals surface area contributed by atoms with Crippen LogP contribution in [0.15, 0.2) is 0 Å². The highest BCUT2D eigenvalue weighted by molar-refractivity contribution is 5.81. The maximum atomic E-state index is 11.4. The van der Waals surface area contributed by atoms with Gasteiger partial charge >= 0.3 is 5.97 Å².